The van der Waals surface area contributed by atoms with Gasteiger partial charge in [0.1, 0.15) is 11.6 Å². The molecule has 160 valence electrons. The van der Waals surface area contributed by atoms with E-state index in [9.17, 15) is 4.39 Å². The largest absolute Gasteiger partial charge is 0.493 e. The van der Waals surface area contributed by atoms with Gasteiger partial charge in [-0.25, -0.2) is 9.37 Å². The van der Waals surface area contributed by atoms with Gasteiger partial charge < -0.3 is 4.74 Å². The fourth-order valence-electron chi connectivity index (χ4n) is 3.84. The summed E-state index contributed by atoms with van der Waals surface area (Å²) in [7, 11) is 0. The number of pyridine rings is 1. The highest BCUT2D eigenvalue weighted by Crippen LogP contribution is 2.31. The molecule has 0 spiro atoms. The predicted octanol–water partition coefficient (Wildman–Crippen LogP) is 8.34. The first-order chi connectivity index (χ1) is 14.8. The highest BCUT2D eigenvalue weighted by Gasteiger charge is 2.11. The van der Waals surface area contributed by atoms with Gasteiger partial charge in [-0.2, -0.15) is 0 Å². The van der Waals surface area contributed by atoms with Crippen molar-refractivity contribution in [2.75, 3.05) is 6.61 Å². The van der Waals surface area contributed by atoms with Crippen LogP contribution in [-0.2, 0) is 0 Å². The Hall–Kier alpha value is -2.42. The zero-order valence-electron chi connectivity index (χ0n) is 18.2. The summed E-state index contributed by atoms with van der Waals surface area (Å²) in [6.45, 7) is 2.94. The van der Waals surface area contributed by atoms with Crippen LogP contribution in [0.1, 0.15) is 71.1 Å². The highest BCUT2D eigenvalue weighted by molar-refractivity contribution is 5.87. The number of hydrogen-bond acceptors (Lipinski definition) is 2. The lowest BCUT2D eigenvalue weighted by molar-refractivity contribution is 0.307. The molecule has 1 aromatic heterocycles. The molecular weight excluding hydrogens is 373 g/mol. The number of hydrogen-bond donors (Lipinski definition) is 0. The standard InChI is InChI=1S/C27H34FNO/c1-2-3-4-5-6-7-8-9-10-15-20-30-27-21-26(22-16-11-13-18-24(22)28)29-25-19-14-12-17-23(25)27/h11-14,16-19,21H,2-10,15,20H2,1H3. The number of benzene rings is 2. The van der Waals surface area contributed by atoms with Crippen LogP contribution in [0.3, 0.4) is 0 Å². The maximum Gasteiger partial charge on any atom is 0.132 e. The Kier molecular flexibility index (Phi) is 9.14. The summed E-state index contributed by atoms with van der Waals surface area (Å²) in [5.74, 6) is 0.524. The summed E-state index contributed by atoms with van der Waals surface area (Å²) in [6, 6.07) is 16.5. The second-order valence-corrected chi connectivity index (χ2v) is 8.03. The minimum atomic E-state index is -0.263. The van der Waals surface area contributed by atoms with Gasteiger partial charge in [0, 0.05) is 17.0 Å². The van der Waals surface area contributed by atoms with Gasteiger partial charge >= 0.3 is 0 Å². The molecular formula is C27H34FNO. The molecule has 0 bridgehead atoms. The van der Waals surface area contributed by atoms with Gasteiger partial charge in [-0.3, -0.25) is 0 Å². The Balaban J connectivity index is 1.51. The minimum absolute atomic E-state index is 0.263. The molecule has 0 amide bonds. The maximum absolute atomic E-state index is 14.3. The van der Waals surface area contributed by atoms with Crippen LogP contribution in [-0.4, -0.2) is 11.6 Å². The van der Waals surface area contributed by atoms with Gasteiger partial charge in [-0.05, 0) is 30.7 Å². The molecule has 3 aromatic rings. The van der Waals surface area contributed by atoms with Crippen molar-refractivity contribution in [2.45, 2.75) is 71.1 Å². The van der Waals surface area contributed by atoms with Crippen LogP contribution in [0.4, 0.5) is 4.39 Å². The minimum Gasteiger partial charge on any atom is -0.493 e. The van der Waals surface area contributed by atoms with Crippen molar-refractivity contribution in [1.29, 1.82) is 0 Å². The lowest BCUT2D eigenvalue weighted by atomic mass is 10.1. The normalized spacial score (nSPS) is 11.1. The number of fused-ring (bicyclic) bond motifs is 1. The first kappa shape index (κ1) is 22.3. The van der Waals surface area contributed by atoms with Crippen molar-refractivity contribution in [1.82, 2.24) is 4.98 Å². The zero-order chi connectivity index (χ0) is 21.0. The maximum atomic E-state index is 14.3. The summed E-state index contributed by atoms with van der Waals surface area (Å²) < 4.78 is 20.4. The number of ether oxygens (including phenoxy) is 1. The number of para-hydroxylation sites is 1. The number of halogens is 1. The molecule has 0 atom stereocenters. The molecule has 3 heteroatoms. The van der Waals surface area contributed by atoms with Gasteiger partial charge in [0.25, 0.3) is 0 Å². The molecule has 2 aromatic carbocycles. The Morgan fingerprint density at radius 2 is 1.40 bits per heavy atom. The molecule has 3 rings (SSSR count). The molecule has 0 radical (unpaired) electrons. The van der Waals surface area contributed by atoms with Crippen LogP contribution in [0.15, 0.2) is 54.6 Å². The van der Waals surface area contributed by atoms with Crippen LogP contribution in [0, 0.1) is 5.82 Å². The van der Waals surface area contributed by atoms with Crippen LogP contribution >= 0.6 is 0 Å². The number of rotatable bonds is 13. The van der Waals surface area contributed by atoms with E-state index >= 15 is 0 Å². The molecule has 0 aliphatic carbocycles. The van der Waals surface area contributed by atoms with Crippen molar-refractivity contribution in [3.63, 3.8) is 0 Å². The predicted molar refractivity (Wildman–Crippen MR) is 124 cm³/mol. The third kappa shape index (κ3) is 6.55. The van der Waals surface area contributed by atoms with Crippen molar-refractivity contribution >= 4 is 10.9 Å². The second-order valence-electron chi connectivity index (χ2n) is 8.03. The fraction of sp³-hybridized carbons (Fsp3) is 0.444. The molecule has 0 unspecified atom stereocenters. The third-order valence-corrected chi connectivity index (χ3v) is 5.58. The molecule has 0 aliphatic rings. The Bertz CT molecular complexity index is 908. The van der Waals surface area contributed by atoms with E-state index in [0.717, 1.165) is 23.1 Å². The van der Waals surface area contributed by atoms with Gasteiger partial charge in [0.05, 0.1) is 17.8 Å². The number of unbranched alkanes of at least 4 members (excludes halogenated alkanes) is 9. The Morgan fingerprint density at radius 1 is 0.767 bits per heavy atom. The summed E-state index contributed by atoms with van der Waals surface area (Å²) >= 11 is 0. The molecule has 1 heterocycles. The molecule has 0 fully saturated rings. The summed E-state index contributed by atoms with van der Waals surface area (Å²) in [5.41, 5.74) is 1.95. The summed E-state index contributed by atoms with van der Waals surface area (Å²) in [5, 5.41) is 0.977. The van der Waals surface area contributed by atoms with Crippen LogP contribution < -0.4 is 4.74 Å². The van der Waals surface area contributed by atoms with Crippen LogP contribution in [0.2, 0.25) is 0 Å². The Labute approximate surface area is 180 Å². The smallest absolute Gasteiger partial charge is 0.132 e. The summed E-state index contributed by atoms with van der Waals surface area (Å²) in [4.78, 5) is 4.65. The van der Waals surface area contributed by atoms with Crippen molar-refractivity contribution in [3.05, 3.63) is 60.4 Å². The van der Waals surface area contributed by atoms with Crippen LogP contribution in [0.25, 0.3) is 22.2 Å². The first-order valence-corrected chi connectivity index (χ1v) is 11.6. The third-order valence-electron chi connectivity index (χ3n) is 5.58. The lowest BCUT2D eigenvalue weighted by Crippen LogP contribution is -2.00. The SMILES string of the molecule is CCCCCCCCCCCCOc1cc(-c2ccccc2F)nc2ccccc12. The van der Waals surface area contributed by atoms with Crippen molar-refractivity contribution in [2.24, 2.45) is 0 Å². The zero-order valence-corrected chi connectivity index (χ0v) is 18.2. The molecule has 0 saturated carbocycles. The Morgan fingerprint density at radius 3 is 2.13 bits per heavy atom. The van der Waals surface area contributed by atoms with Gasteiger partial charge in [-0.15, -0.1) is 0 Å². The van der Waals surface area contributed by atoms with E-state index in [4.69, 9.17) is 4.74 Å². The van der Waals surface area contributed by atoms with Gasteiger partial charge in [0.15, 0.2) is 0 Å². The molecule has 0 aliphatic heterocycles. The topological polar surface area (TPSA) is 22.1 Å². The van der Waals surface area contributed by atoms with E-state index in [0.29, 0.717) is 17.9 Å². The fourth-order valence-corrected chi connectivity index (χ4v) is 3.84. The van der Waals surface area contributed by atoms with E-state index in [1.54, 1.807) is 12.1 Å². The first-order valence-electron chi connectivity index (χ1n) is 11.6. The van der Waals surface area contributed by atoms with E-state index in [-0.39, 0.29) is 5.82 Å². The van der Waals surface area contributed by atoms with Crippen molar-refractivity contribution < 1.29 is 9.13 Å². The van der Waals surface area contributed by atoms with E-state index in [1.165, 1.54) is 63.9 Å². The quantitative estimate of drug-likeness (QED) is 0.266. The number of aromatic nitrogens is 1. The second kappa shape index (κ2) is 12.3. The highest BCUT2D eigenvalue weighted by atomic mass is 19.1. The lowest BCUT2D eigenvalue weighted by Gasteiger charge is -2.12. The van der Waals surface area contributed by atoms with Crippen molar-refractivity contribution in [3.8, 4) is 17.0 Å². The average Bonchev–Trinajstić information content (AvgIpc) is 2.77. The average molecular weight is 408 g/mol. The van der Waals surface area contributed by atoms with Gasteiger partial charge in [0.2, 0.25) is 0 Å². The van der Waals surface area contributed by atoms with Crippen LogP contribution in [0.5, 0.6) is 5.75 Å². The molecule has 0 N–H and O–H groups in total. The van der Waals surface area contributed by atoms with E-state index in [2.05, 4.69) is 11.9 Å². The van der Waals surface area contributed by atoms with E-state index in [1.807, 2.05) is 36.4 Å². The molecule has 30 heavy (non-hydrogen) atoms. The van der Waals surface area contributed by atoms with Gasteiger partial charge in [-0.1, -0.05) is 89.0 Å². The summed E-state index contributed by atoms with van der Waals surface area (Å²) in [6.07, 6.45) is 13.0. The monoisotopic (exact) mass is 407 g/mol. The molecule has 2 nitrogen and oxygen atoms in total. The molecule has 0 saturated heterocycles. The van der Waals surface area contributed by atoms with E-state index < -0.39 is 0 Å². The number of nitrogens with zero attached hydrogens (tertiary/aromatic N) is 1.